The van der Waals surface area contributed by atoms with Gasteiger partial charge in [-0.15, -0.1) is 12.4 Å². The Morgan fingerprint density at radius 3 is 2.62 bits per heavy atom. The SMILES string of the molecule is COc1ccc(CCC(=O)N2CC[C@@H](N)C2)cc1OC.Cl. The second-order valence-electron chi connectivity index (χ2n) is 5.08. The van der Waals surface area contributed by atoms with Crippen molar-refractivity contribution in [2.75, 3.05) is 27.3 Å². The van der Waals surface area contributed by atoms with Gasteiger partial charge >= 0.3 is 0 Å². The van der Waals surface area contributed by atoms with Crippen LogP contribution in [0, 0.1) is 0 Å². The Morgan fingerprint density at radius 2 is 2.05 bits per heavy atom. The predicted octanol–water partition coefficient (Wildman–Crippen LogP) is 1.62. The zero-order chi connectivity index (χ0) is 14.5. The number of methoxy groups -OCH3 is 2. The molecule has 0 saturated carbocycles. The maximum absolute atomic E-state index is 12.1. The summed E-state index contributed by atoms with van der Waals surface area (Å²) in [6.07, 6.45) is 2.11. The smallest absolute Gasteiger partial charge is 0.222 e. The van der Waals surface area contributed by atoms with Crippen molar-refractivity contribution in [3.8, 4) is 11.5 Å². The summed E-state index contributed by atoms with van der Waals surface area (Å²) in [5, 5.41) is 0. The molecule has 1 atom stereocenters. The molecular formula is C15H23ClN2O3. The number of carbonyl (C=O) groups is 1. The molecule has 1 aliphatic rings. The number of aryl methyl sites for hydroxylation is 1. The van der Waals surface area contributed by atoms with Crippen molar-refractivity contribution < 1.29 is 14.3 Å². The van der Waals surface area contributed by atoms with Gasteiger partial charge in [0.05, 0.1) is 14.2 Å². The number of rotatable bonds is 5. The largest absolute Gasteiger partial charge is 0.493 e. The highest BCUT2D eigenvalue weighted by molar-refractivity contribution is 5.85. The van der Waals surface area contributed by atoms with E-state index in [-0.39, 0.29) is 24.4 Å². The average Bonchev–Trinajstić information content (AvgIpc) is 2.91. The van der Waals surface area contributed by atoms with Gasteiger partial charge in [0.2, 0.25) is 5.91 Å². The van der Waals surface area contributed by atoms with E-state index >= 15 is 0 Å². The van der Waals surface area contributed by atoms with E-state index in [1.807, 2.05) is 23.1 Å². The molecule has 5 nitrogen and oxygen atoms in total. The number of hydrogen-bond donors (Lipinski definition) is 1. The first kappa shape index (κ1) is 17.6. The molecule has 1 saturated heterocycles. The third kappa shape index (κ3) is 4.51. The van der Waals surface area contributed by atoms with E-state index in [0.717, 1.165) is 18.5 Å². The third-order valence-corrected chi connectivity index (χ3v) is 3.65. The van der Waals surface area contributed by atoms with Gasteiger partial charge in [0.1, 0.15) is 0 Å². The molecule has 0 bridgehead atoms. The fourth-order valence-electron chi connectivity index (χ4n) is 2.46. The standard InChI is InChI=1S/C15H22N2O3.ClH/c1-19-13-5-3-11(9-14(13)20-2)4-6-15(18)17-8-7-12(16)10-17;/h3,5,9,12H,4,6-8,10,16H2,1-2H3;1H/t12-;/m1./s1. The highest BCUT2D eigenvalue weighted by Gasteiger charge is 2.23. The molecule has 0 aromatic heterocycles. The number of likely N-dealkylation sites (tertiary alicyclic amines) is 1. The van der Waals surface area contributed by atoms with Crippen molar-refractivity contribution in [3.63, 3.8) is 0 Å². The third-order valence-electron chi connectivity index (χ3n) is 3.65. The predicted molar refractivity (Wildman–Crippen MR) is 84.3 cm³/mol. The summed E-state index contributed by atoms with van der Waals surface area (Å²) >= 11 is 0. The van der Waals surface area contributed by atoms with Crippen LogP contribution in [0.2, 0.25) is 0 Å². The Bertz CT molecular complexity index is 482. The van der Waals surface area contributed by atoms with Crippen LogP contribution in [-0.4, -0.2) is 44.2 Å². The summed E-state index contributed by atoms with van der Waals surface area (Å²) in [4.78, 5) is 13.9. The minimum absolute atomic E-state index is 0. The Balaban J connectivity index is 0.00000220. The molecule has 0 unspecified atom stereocenters. The van der Waals surface area contributed by atoms with Crippen LogP contribution in [-0.2, 0) is 11.2 Å². The molecule has 118 valence electrons. The number of ether oxygens (including phenoxy) is 2. The van der Waals surface area contributed by atoms with Crippen LogP contribution in [0.15, 0.2) is 18.2 Å². The van der Waals surface area contributed by atoms with Crippen LogP contribution in [0.3, 0.4) is 0 Å². The molecule has 1 amide bonds. The molecule has 1 aromatic rings. The first-order valence-electron chi connectivity index (χ1n) is 6.88. The summed E-state index contributed by atoms with van der Waals surface area (Å²) in [6, 6.07) is 5.89. The maximum Gasteiger partial charge on any atom is 0.222 e. The zero-order valence-electron chi connectivity index (χ0n) is 12.5. The van der Waals surface area contributed by atoms with Crippen LogP contribution in [0.1, 0.15) is 18.4 Å². The van der Waals surface area contributed by atoms with Crippen molar-refractivity contribution in [3.05, 3.63) is 23.8 Å². The molecule has 0 spiro atoms. The van der Waals surface area contributed by atoms with Crippen LogP contribution < -0.4 is 15.2 Å². The molecule has 1 aliphatic heterocycles. The maximum atomic E-state index is 12.1. The van der Waals surface area contributed by atoms with Gasteiger partial charge in [-0.25, -0.2) is 0 Å². The summed E-state index contributed by atoms with van der Waals surface area (Å²) in [5.74, 6) is 1.57. The van der Waals surface area contributed by atoms with Gasteiger partial charge in [-0.1, -0.05) is 6.07 Å². The molecule has 1 fully saturated rings. The van der Waals surface area contributed by atoms with Crippen LogP contribution >= 0.6 is 12.4 Å². The fourth-order valence-corrected chi connectivity index (χ4v) is 2.46. The number of halogens is 1. The number of nitrogens with zero attached hydrogens (tertiary/aromatic N) is 1. The molecule has 6 heteroatoms. The van der Waals surface area contributed by atoms with Gasteiger partial charge in [-0.2, -0.15) is 0 Å². The highest BCUT2D eigenvalue weighted by Crippen LogP contribution is 2.28. The molecule has 21 heavy (non-hydrogen) atoms. The van der Waals surface area contributed by atoms with Gasteiger partial charge < -0.3 is 20.1 Å². The van der Waals surface area contributed by atoms with Crippen LogP contribution in [0.5, 0.6) is 11.5 Å². The summed E-state index contributed by atoms with van der Waals surface area (Å²) in [7, 11) is 3.22. The van der Waals surface area contributed by atoms with Gasteiger partial charge in [-0.3, -0.25) is 4.79 Å². The van der Waals surface area contributed by atoms with E-state index in [4.69, 9.17) is 15.2 Å². The van der Waals surface area contributed by atoms with Gasteiger partial charge in [0.25, 0.3) is 0 Å². The van der Waals surface area contributed by atoms with Gasteiger partial charge in [-0.05, 0) is 30.5 Å². The van der Waals surface area contributed by atoms with Gasteiger partial charge in [0.15, 0.2) is 11.5 Å². The molecule has 2 rings (SSSR count). The molecular weight excluding hydrogens is 292 g/mol. The van der Waals surface area contributed by atoms with E-state index in [2.05, 4.69) is 0 Å². The molecule has 1 heterocycles. The fraction of sp³-hybridized carbons (Fsp3) is 0.533. The van der Waals surface area contributed by atoms with E-state index < -0.39 is 0 Å². The van der Waals surface area contributed by atoms with Crippen LogP contribution in [0.4, 0.5) is 0 Å². The Hall–Kier alpha value is -1.46. The molecule has 0 radical (unpaired) electrons. The second kappa shape index (κ2) is 8.10. The Morgan fingerprint density at radius 1 is 1.33 bits per heavy atom. The van der Waals surface area contributed by atoms with Crippen molar-refractivity contribution >= 4 is 18.3 Å². The minimum Gasteiger partial charge on any atom is -0.493 e. The quantitative estimate of drug-likeness (QED) is 0.897. The van der Waals surface area contributed by atoms with Crippen molar-refractivity contribution in [1.82, 2.24) is 4.90 Å². The van der Waals surface area contributed by atoms with E-state index in [1.54, 1.807) is 14.2 Å². The van der Waals surface area contributed by atoms with E-state index in [0.29, 0.717) is 30.9 Å². The first-order chi connectivity index (χ1) is 9.63. The zero-order valence-corrected chi connectivity index (χ0v) is 13.3. The van der Waals surface area contributed by atoms with E-state index in [9.17, 15) is 4.79 Å². The summed E-state index contributed by atoms with van der Waals surface area (Å²) in [6.45, 7) is 1.47. The molecule has 0 aliphatic carbocycles. The second-order valence-corrected chi connectivity index (χ2v) is 5.08. The summed E-state index contributed by atoms with van der Waals surface area (Å²) in [5.41, 5.74) is 6.88. The average molecular weight is 315 g/mol. The van der Waals surface area contributed by atoms with E-state index in [1.165, 1.54) is 0 Å². The molecule has 2 N–H and O–H groups in total. The first-order valence-corrected chi connectivity index (χ1v) is 6.88. The molecule has 1 aromatic carbocycles. The lowest BCUT2D eigenvalue weighted by atomic mass is 10.1. The number of carbonyl (C=O) groups excluding carboxylic acids is 1. The van der Waals surface area contributed by atoms with Crippen LogP contribution in [0.25, 0.3) is 0 Å². The number of hydrogen-bond acceptors (Lipinski definition) is 4. The highest BCUT2D eigenvalue weighted by atomic mass is 35.5. The number of nitrogens with two attached hydrogens (primary N) is 1. The van der Waals surface area contributed by atoms with Crippen molar-refractivity contribution in [1.29, 1.82) is 0 Å². The summed E-state index contributed by atoms with van der Waals surface area (Å²) < 4.78 is 10.5. The van der Waals surface area contributed by atoms with Gasteiger partial charge in [0, 0.05) is 25.6 Å². The van der Waals surface area contributed by atoms with Crippen molar-refractivity contribution in [2.45, 2.75) is 25.3 Å². The Labute approximate surface area is 131 Å². The number of amides is 1. The topological polar surface area (TPSA) is 64.8 Å². The number of benzene rings is 1. The lowest BCUT2D eigenvalue weighted by Crippen LogP contribution is -2.31. The lowest BCUT2D eigenvalue weighted by Gasteiger charge is -2.16. The Kier molecular flexibility index (Phi) is 6.78. The lowest BCUT2D eigenvalue weighted by molar-refractivity contribution is -0.130. The normalized spacial score (nSPS) is 17.3. The monoisotopic (exact) mass is 314 g/mol. The van der Waals surface area contributed by atoms with Crippen molar-refractivity contribution in [2.24, 2.45) is 5.73 Å². The minimum atomic E-state index is 0.